The first kappa shape index (κ1) is 22.3. The average Bonchev–Trinajstić information content (AvgIpc) is 2.63. The Morgan fingerprint density at radius 1 is 1.04 bits per heavy atom. The SMILES string of the molecule is COC(=O)/C=C/C(=O)O[C@@](C)(COC(=O)/C=C/C(=O)O)CN1CCOCC1. The Hall–Kier alpha value is -2.72. The first-order valence-corrected chi connectivity index (χ1v) is 8.11. The molecule has 0 radical (unpaired) electrons. The average molecular weight is 385 g/mol. The van der Waals surface area contributed by atoms with Gasteiger partial charge < -0.3 is 24.1 Å². The van der Waals surface area contributed by atoms with Crippen molar-refractivity contribution in [2.24, 2.45) is 0 Å². The number of hydrogen-bond donors (Lipinski definition) is 1. The maximum absolute atomic E-state index is 12.0. The highest BCUT2D eigenvalue weighted by molar-refractivity contribution is 5.92. The Kier molecular flexibility index (Phi) is 9.17. The van der Waals surface area contributed by atoms with Gasteiger partial charge in [0.05, 0.1) is 20.3 Å². The number of methoxy groups -OCH3 is 1. The van der Waals surface area contributed by atoms with Crippen LogP contribution < -0.4 is 0 Å². The number of rotatable bonds is 9. The van der Waals surface area contributed by atoms with Crippen LogP contribution in [0.3, 0.4) is 0 Å². The van der Waals surface area contributed by atoms with E-state index in [1.807, 2.05) is 4.90 Å². The van der Waals surface area contributed by atoms with Crippen LogP contribution in [0.1, 0.15) is 6.92 Å². The largest absolute Gasteiger partial charge is 0.478 e. The summed E-state index contributed by atoms with van der Waals surface area (Å²) in [6, 6.07) is 0. The number of nitrogens with zero attached hydrogens (tertiary/aromatic N) is 1. The van der Waals surface area contributed by atoms with E-state index in [-0.39, 0.29) is 13.2 Å². The maximum atomic E-state index is 12.0. The summed E-state index contributed by atoms with van der Waals surface area (Å²) in [4.78, 5) is 47.1. The zero-order valence-corrected chi connectivity index (χ0v) is 15.2. The van der Waals surface area contributed by atoms with Crippen molar-refractivity contribution in [3.8, 4) is 0 Å². The highest BCUT2D eigenvalue weighted by Crippen LogP contribution is 2.16. The van der Waals surface area contributed by atoms with E-state index < -0.39 is 29.5 Å². The Morgan fingerprint density at radius 2 is 1.63 bits per heavy atom. The second-order valence-corrected chi connectivity index (χ2v) is 5.90. The summed E-state index contributed by atoms with van der Waals surface area (Å²) in [7, 11) is 1.17. The zero-order valence-electron chi connectivity index (χ0n) is 15.2. The van der Waals surface area contributed by atoms with Gasteiger partial charge in [-0.05, 0) is 6.92 Å². The van der Waals surface area contributed by atoms with Crippen LogP contribution in [0, 0.1) is 0 Å². The lowest BCUT2D eigenvalue weighted by Crippen LogP contribution is -2.50. The molecule has 1 saturated heterocycles. The molecule has 0 bridgehead atoms. The molecule has 10 heteroatoms. The van der Waals surface area contributed by atoms with Crippen molar-refractivity contribution >= 4 is 23.9 Å². The van der Waals surface area contributed by atoms with Crippen LogP contribution in [-0.4, -0.2) is 86.0 Å². The van der Waals surface area contributed by atoms with Crippen LogP contribution in [0.5, 0.6) is 0 Å². The van der Waals surface area contributed by atoms with Crippen molar-refractivity contribution in [2.45, 2.75) is 12.5 Å². The fourth-order valence-electron chi connectivity index (χ4n) is 2.23. The van der Waals surface area contributed by atoms with Gasteiger partial charge in [-0.3, -0.25) is 4.90 Å². The van der Waals surface area contributed by atoms with Gasteiger partial charge in [0, 0.05) is 43.9 Å². The summed E-state index contributed by atoms with van der Waals surface area (Å²) < 4.78 is 20.0. The van der Waals surface area contributed by atoms with E-state index in [1.54, 1.807) is 6.92 Å². The third-order valence-electron chi connectivity index (χ3n) is 3.45. The molecule has 1 heterocycles. The van der Waals surface area contributed by atoms with Crippen LogP contribution in [0.4, 0.5) is 0 Å². The molecule has 10 nitrogen and oxygen atoms in total. The van der Waals surface area contributed by atoms with Gasteiger partial charge in [0.1, 0.15) is 6.61 Å². The standard InChI is InChI=1S/C17H23NO9/c1-17(11-18-7-9-25-10-8-18,12-26-15(22)4-3-13(19)20)27-16(23)6-5-14(21)24-2/h3-6H,7-12H2,1-2H3,(H,19,20)/b4-3+,6-5+/t17-/m1/s1. The molecular weight excluding hydrogens is 362 g/mol. The molecule has 1 atom stereocenters. The summed E-state index contributed by atoms with van der Waals surface area (Å²) in [6.45, 7) is 3.78. The molecule has 0 aromatic rings. The van der Waals surface area contributed by atoms with Gasteiger partial charge in [-0.1, -0.05) is 0 Å². The second kappa shape index (κ2) is 11.1. The summed E-state index contributed by atoms with van der Waals surface area (Å²) in [5, 5.41) is 8.52. The molecule has 0 aliphatic carbocycles. The molecule has 0 saturated carbocycles. The first-order valence-electron chi connectivity index (χ1n) is 8.11. The van der Waals surface area contributed by atoms with Gasteiger partial charge in [0.25, 0.3) is 0 Å². The van der Waals surface area contributed by atoms with E-state index in [0.717, 1.165) is 18.2 Å². The van der Waals surface area contributed by atoms with E-state index in [4.69, 9.17) is 19.3 Å². The van der Waals surface area contributed by atoms with Gasteiger partial charge in [-0.15, -0.1) is 0 Å². The van der Waals surface area contributed by atoms with Gasteiger partial charge in [0.15, 0.2) is 5.60 Å². The van der Waals surface area contributed by atoms with Crippen LogP contribution >= 0.6 is 0 Å². The van der Waals surface area contributed by atoms with E-state index >= 15 is 0 Å². The minimum atomic E-state index is -1.29. The Labute approximate surface area is 156 Å². The molecule has 1 rings (SSSR count). The third-order valence-corrected chi connectivity index (χ3v) is 3.45. The molecule has 0 spiro atoms. The predicted molar refractivity (Wildman–Crippen MR) is 90.6 cm³/mol. The van der Waals surface area contributed by atoms with Crippen LogP contribution in [0.15, 0.2) is 24.3 Å². The van der Waals surface area contributed by atoms with Gasteiger partial charge in [0.2, 0.25) is 0 Å². The Balaban J connectivity index is 2.76. The minimum Gasteiger partial charge on any atom is -0.478 e. The normalized spacial score (nSPS) is 17.4. The predicted octanol–water partition coefficient (Wildman–Crippen LogP) is -0.466. The number of carboxylic acids is 1. The molecule has 0 unspecified atom stereocenters. The Bertz CT molecular complexity index is 608. The molecule has 1 aliphatic rings. The summed E-state index contributed by atoms with van der Waals surface area (Å²) >= 11 is 0. The molecule has 1 aliphatic heterocycles. The van der Waals surface area contributed by atoms with Crippen molar-refractivity contribution in [3.63, 3.8) is 0 Å². The van der Waals surface area contributed by atoms with Gasteiger partial charge >= 0.3 is 23.9 Å². The van der Waals surface area contributed by atoms with Gasteiger partial charge in [-0.25, -0.2) is 19.2 Å². The van der Waals surface area contributed by atoms with Crippen molar-refractivity contribution in [2.75, 3.05) is 46.6 Å². The van der Waals surface area contributed by atoms with Crippen molar-refractivity contribution in [1.29, 1.82) is 0 Å². The first-order chi connectivity index (χ1) is 12.7. The lowest BCUT2D eigenvalue weighted by atomic mass is 10.1. The van der Waals surface area contributed by atoms with Crippen molar-refractivity contribution in [3.05, 3.63) is 24.3 Å². The number of carbonyl (C=O) groups is 4. The molecule has 1 fully saturated rings. The topological polar surface area (TPSA) is 129 Å². The smallest absolute Gasteiger partial charge is 0.331 e. The lowest BCUT2D eigenvalue weighted by molar-refractivity contribution is -0.167. The number of esters is 3. The lowest BCUT2D eigenvalue weighted by Gasteiger charge is -2.36. The number of aliphatic carboxylic acids is 1. The number of hydrogen-bond acceptors (Lipinski definition) is 9. The minimum absolute atomic E-state index is 0.254. The van der Waals surface area contributed by atoms with E-state index in [1.165, 1.54) is 7.11 Å². The fourth-order valence-corrected chi connectivity index (χ4v) is 2.23. The van der Waals surface area contributed by atoms with Crippen LogP contribution in [0.2, 0.25) is 0 Å². The van der Waals surface area contributed by atoms with Crippen LogP contribution in [0.25, 0.3) is 0 Å². The Morgan fingerprint density at radius 3 is 2.22 bits per heavy atom. The third kappa shape index (κ3) is 9.52. The zero-order chi connectivity index (χ0) is 20.3. The molecule has 1 N–H and O–H groups in total. The monoisotopic (exact) mass is 385 g/mol. The maximum Gasteiger partial charge on any atom is 0.331 e. The van der Waals surface area contributed by atoms with Gasteiger partial charge in [-0.2, -0.15) is 0 Å². The summed E-state index contributed by atoms with van der Waals surface area (Å²) in [5.74, 6) is -3.70. The fraction of sp³-hybridized carbons (Fsp3) is 0.529. The summed E-state index contributed by atoms with van der Waals surface area (Å²) in [5.41, 5.74) is -1.22. The molecular formula is C17H23NO9. The number of carbonyl (C=O) groups excluding carboxylic acids is 3. The number of ether oxygens (including phenoxy) is 4. The van der Waals surface area contributed by atoms with Crippen molar-refractivity contribution < 1.29 is 43.2 Å². The van der Waals surface area contributed by atoms with E-state index in [9.17, 15) is 19.2 Å². The summed E-state index contributed by atoms with van der Waals surface area (Å²) in [6.07, 6.45) is 3.23. The van der Waals surface area contributed by atoms with Crippen LogP contribution in [-0.2, 0) is 38.1 Å². The molecule has 27 heavy (non-hydrogen) atoms. The quantitative estimate of drug-likeness (QED) is 0.316. The van der Waals surface area contributed by atoms with E-state index in [2.05, 4.69) is 4.74 Å². The molecule has 0 amide bonds. The second-order valence-electron chi connectivity index (χ2n) is 5.90. The highest BCUT2D eigenvalue weighted by atomic mass is 16.6. The van der Waals surface area contributed by atoms with E-state index in [0.29, 0.717) is 32.4 Å². The molecule has 0 aromatic heterocycles. The molecule has 150 valence electrons. The van der Waals surface area contributed by atoms with Crippen molar-refractivity contribution in [1.82, 2.24) is 4.90 Å². The number of morpholine rings is 1. The number of carboxylic acid groups (broad SMARTS) is 1. The highest BCUT2D eigenvalue weighted by Gasteiger charge is 2.33. The molecule has 0 aromatic carbocycles.